The van der Waals surface area contributed by atoms with Gasteiger partial charge < -0.3 is 10.6 Å². The van der Waals surface area contributed by atoms with Gasteiger partial charge in [0, 0.05) is 24.1 Å². The van der Waals surface area contributed by atoms with E-state index in [2.05, 4.69) is 20.0 Å². The third-order valence-corrected chi connectivity index (χ3v) is 2.92. The minimum absolute atomic E-state index is 0.709. The van der Waals surface area contributed by atoms with E-state index in [1.54, 1.807) is 6.33 Å². The molecule has 0 spiro atoms. The third kappa shape index (κ3) is 2.63. The van der Waals surface area contributed by atoms with Crippen LogP contribution in [-0.2, 0) is 0 Å². The van der Waals surface area contributed by atoms with Crippen LogP contribution >= 0.6 is 11.5 Å². The van der Waals surface area contributed by atoms with Crippen molar-refractivity contribution in [2.24, 2.45) is 0 Å². The smallest absolute Gasteiger partial charge is 0.202 e. The van der Waals surface area contributed by atoms with E-state index in [1.807, 2.05) is 0 Å². The van der Waals surface area contributed by atoms with Crippen molar-refractivity contribution in [2.75, 3.05) is 18.4 Å². The van der Waals surface area contributed by atoms with Crippen LogP contribution in [0.1, 0.15) is 19.3 Å². The van der Waals surface area contributed by atoms with Gasteiger partial charge in [-0.3, -0.25) is 0 Å². The maximum absolute atomic E-state index is 4.06. The number of nitrogens with zero attached hydrogens (tertiary/aromatic N) is 2. The molecule has 72 valence electrons. The van der Waals surface area contributed by atoms with Crippen molar-refractivity contribution in [1.82, 2.24) is 14.7 Å². The van der Waals surface area contributed by atoms with Gasteiger partial charge in [0.2, 0.25) is 5.13 Å². The fourth-order valence-corrected chi connectivity index (χ4v) is 2.06. The van der Waals surface area contributed by atoms with E-state index in [0.717, 1.165) is 11.7 Å². The Labute approximate surface area is 81.9 Å². The number of rotatable bonds is 4. The molecule has 1 aliphatic rings. The Morgan fingerprint density at radius 3 is 3.38 bits per heavy atom. The molecule has 0 saturated carbocycles. The van der Waals surface area contributed by atoms with E-state index in [9.17, 15) is 0 Å². The number of anilines is 1. The lowest BCUT2D eigenvalue weighted by Crippen LogP contribution is -2.23. The Hall–Kier alpha value is -0.680. The molecule has 0 amide bonds. The first-order valence-corrected chi connectivity index (χ1v) is 5.46. The average molecular weight is 198 g/mol. The monoisotopic (exact) mass is 198 g/mol. The van der Waals surface area contributed by atoms with Crippen LogP contribution in [0.25, 0.3) is 0 Å². The van der Waals surface area contributed by atoms with Crippen molar-refractivity contribution in [3.8, 4) is 0 Å². The summed E-state index contributed by atoms with van der Waals surface area (Å²) in [6, 6.07) is 0.709. The Balaban J connectivity index is 1.63. The highest BCUT2D eigenvalue weighted by Crippen LogP contribution is 2.10. The van der Waals surface area contributed by atoms with Crippen LogP contribution in [0.4, 0.5) is 5.13 Å². The van der Waals surface area contributed by atoms with Gasteiger partial charge in [-0.25, -0.2) is 4.98 Å². The lowest BCUT2D eigenvalue weighted by molar-refractivity contribution is 0.574. The number of hydrogen-bond acceptors (Lipinski definition) is 5. The van der Waals surface area contributed by atoms with Crippen LogP contribution in [0.15, 0.2) is 6.33 Å². The molecule has 2 N–H and O–H groups in total. The molecule has 1 fully saturated rings. The van der Waals surface area contributed by atoms with Crippen LogP contribution in [-0.4, -0.2) is 28.5 Å². The fourth-order valence-electron chi connectivity index (χ4n) is 1.61. The summed E-state index contributed by atoms with van der Waals surface area (Å²) in [6.45, 7) is 2.18. The Bertz CT molecular complexity index is 230. The number of aromatic nitrogens is 2. The molecule has 1 aromatic rings. The predicted octanol–water partition coefficient (Wildman–Crippen LogP) is 1.09. The Morgan fingerprint density at radius 2 is 2.69 bits per heavy atom. The zero-order valence-corrected chi connectivity index (χ0v) is 8.31. The molecular formula is C8H14N4S. The maximum Gasteiger partial charge on any atom is 0.202 e. The van der Waals surface area contributed by atoms with Crippen molar-refractivity contribution < 1.29 is 0 Å². The van der Waals surface area contributed by atoms with Gasteiger partial charge in [0.1, 0.15) is 6.33 Å². The van der Waals surface area contributed by atoms with E-state index in [-0.39, 0.29) is 0 Å². The van der Waals surface area contributed by atoms with Crippen molar-refractivity contribution >= 4 is 16.7 Å². The second-order valence-electron chi connectivity index (χ2n) is 3.26. The standard InChI is InChI=1S/C8H14N4S/c1-2-7(9-4-1)3-5-10-8-11-6-12-13-8/h6-7,9H,1-5H2,(H,10,11,12)/t7-/m0/s1. The van der Waals surface area contributed by atoms with Crippen LogP contribution in [0.5, 0.6) is 0 Å². The second-order valence-corrected chi connectivity index (χ2v) is 4.04. The minimum atomic E-state index is 0.709. The molecule has 1 aromatic heterocycles. The first-order valence-electron chi connectivity index (χ1n) is 4.69. The molecule has 0 aliphatic carbocycles. The molecule has 0 bridgehead atoms. The molecule has 1 aliphatic heterocycles. The van der Waals surface area contributed by atoms with Gasteiger partial charge in [-0.15, -0.1) is 0 Å². The summed E-state index contributed by atoms with van der Waals surface area (Å²) in [6.07, 6.45) is 5.40. The van der Waals surface area contributed by atoms with Gasteiger partial charge in [0.25, 0.3) is 0 Å². The highest BCUT2D eigenvalue weighted by Gasteiger charge is 2.12. The lowest BCUT2D eigenvalue weighted by atomic mass is 10.2. The van der Waals surface area contributed by atoms with Crippen LogP contribution < -0.4 is 10.6 Å². The maximum atomic E-state index is 4.06. The number of hydrogen-bond donors (Lipinski definition) is 2. The Kier molecular flexibility index (Phi) is 3.10. The summed E-state index contributed by atoms with van der Waals surface area (Å²) < 4.78 is 3.93. The first kappa shape index (κ1) is 8.90. The summed E-state index contributed by atoms with van der Waals surface area (Å²) in [5.41, 5.74) is 0. The van der Waals surface area contributed by atoms with Crippen LogP contribution in [0.2, 0.25) is 0 Å². The van der Waals surface area contributed by atoms with E-state index < -0.39 is 0 Å². The first-order chi connectivity index (χ1) is 6.45. The van der Waals surface area contributed by atoms with E-state index in [0.29, 0.717) is 6.04 Å². The molecular weight excluding hydrogens is 184 g/mol. The van der Waals surface area contributed by atoms with Crippen molar-refractivity contribution in [3.63, 3.8) is 0 Å². The van der Waals surface area contributed by atoms with E-state index in [4.69, 9.17) is 0 Å². The largest absolute Gasteiger partial charge is 0.360 e. The molecule has 0 aromatic carbocycles. The van der Waals surface area contributed by atoms with Crippen molar-refractivity contribution in [2.45, 2.75) is 25.3 Å². The molecule has 1 atom stereocenters. The zero-order chi connectivity index (χ0) is 8.93. The van der Waals surface area contributed by atoms with Crippen LogP contribution in [0, 0.1) is 0 Å². The molecule has 0 radical (unpaired) electrons. The minimum Gasteiger partial charge on any atom is -0.360 e. The van der Waals surface area contributed by atoms with Gasteiger partial charge in [-0.1, -0.05) is 0 Å². The molecule has 1 saturated heterocycles. The highest BCUT2D eigenvalue weighted by molar-refractivity contribution is 7.09. The van der Waals surface area contributed by atoms with Gasteiger partial charge in [-0.2, -0.15) is 4.37 Å². The second kappa shape index (κ2) is 4.53. The van der Waals surface area contributed by atoms with Gasteiger partial charge in [0.05, 0.1) is 0 Å². The molecule has 5 heteroatoms. The molecule has 0 unspecified atom stereocenters. The average Bonchev–Trinajstić information content (AvgIpc) is 2.75. The van der Waals surface area contributed by atoms with Crippen molar-refractivity contribution in [1.29, 1.82) is 0 Å². The van der Waals surface area contributed by atoms with Crippen molar-refractivity contribution in [3.05, 3.63) is 6.33 Å². The van der Waals surface area contributed by atoms with Gasteiger partial charge in [-0.05, 0) is 25.8 Å². The van der Waals surface area contributed by atoms with E-state index in [1.165, 1.54) is 37.3 Å². The molecule has 4 nitrogen and oxygen atoms in total. The molecule has 2 rings (SSSR count). The zero-order valence-electron chi connectivity index (χ0n) is 7.49. The summed E-state index contributed by atoms with van der Waals surface area (Å²) in [5, 5.41) is 7.65. The Morgan fingerprint density at radius 1 is 1.69 bits per heavy atom. The summed E-state index contributed by atoms with van der Waals surface area (Å²) >= 11 is 1.41. The highest BCUT2D eigenvalue weighted by atomic mass is 32.1. The summed E-state index contributed by atoms with van der Waals surface area (Å²) in [5.74, 6) is 0. The lowest BCUT2D eigenvalue weighted by Gasteiger charge is -2.09. The van der Waals surface area contributed by atoms with Gasteiger partial charge in [0.15, 0.2) is 0 Å². The SMILES string of the molecule is c1nsc(NCC[C@@H]2CCCN2)n1. The summed E-state index contributed by atoms with van der Waals surface area (Å²) in [7, 11) is 0. The van der Waals surface area contributed by atoms with Gasteiger partial charge >= 0.3 is 0 Å². The molecule has 2 heterocycles. The van der Waals surface area contributed by atoms with Crippen LogP contribution in [0.3, 0.4) is 0 Å². The topological polar surface area (TPSA) is 49.8 Å². The summed E-state index contributed by atoms with van der Waals surface area (Å²) in [4.78, 5) is 4.06. The quantitative estimate of drug-likeness (QED) is 0.760. The van der Waals surface area contributed by atoms with E-state index >= 15 is 0 Å². The normalized spacial score (nSPS) is 22.0. The third-order valence-electron chi connectivity index (χ3n) is 2.29. The fraction of sp³-hybridized carbons (Fsp3) is 0.750. The predicted molar refractivity (Wildman–Crippen MR) is 54.0 cm³/mol. The molecule has 13 heavy (non-hydrogen) atoms. The number of nitrogens with one attached hydrogen (secondary N) is 2.